The van der Waals surface area contributed by atoms with Gasteiger partial charge in [0.15, 0.2) is 0 Å². The molecule has 134 valence electrons. The van der Waals surface area contributed by atoms with Crippen LogP contribution in [-0.4, -0.2) is 85.2 Å². The van der Waals surface area contributed by atoms with E-state index in [1.165, 1.54) is 62.9 Å². The van der Waals surface area contributed by atoms with Gasteiger partial charge in [0.2, 0.25) is 0 Å². The largest absolute Gasteiger partial charge is 0.492 e. The van der Waals surface area contributed by atoms with Crippen LogP contribution in [0.3, 0.4) is 0 Å². The summed E-state index contributed by atoms with van der Waals surface area (Å²) < 4.78 is 6.15. The number of hydrogen-bond acceptors (Lipinski definition) is 5. The number of benzene rings is 1. The van der Waals surface area contributed by atoms with Gasteiger partial charge < -0.3 is 9.64 Å². The van der Waals surface area contributed by atoms with Gasteiger partial charge in [-0.15, -0.1) is 0 Å². The Morgan fingerprint density at radius 3 is 2.38 bits per heavy atom. The van der Waals surface area contributed by atoms with Crippen molar-refractivity contribution < 1.29 is 4.74 Å². The molecule has 1 aromatic rings. The maximum Gasteiger partial charge on any atom is 0.123 e. The van der Waals surface area contributed by atoms with E-state index in [4.69, 9.17) is 4.74 Å². The molecule has 2 fully saturated rings. The third-order valence-corrected chi connectivity index (χ3v) is 5.99. The van der Waals surface area contributed by atoms with Crippen LogP contribution >= 0.6 is 11.8 Å². The first-order chi connectivity index (χ1) is 11.8. The van der Waals surface area contributed by atoms with E-state index in [0.717, 1.165) is 25.4 Å². The van der Waals surface area contributed by atoms with Gasteiger partial charge in [-0.25, -0.2) is 0 Å². The highest BCUT2D eigenvalue weighted by Gasteiger charge is 2.16. The minimum absolute atomic E-state index is 0.791. The Morgan fingerprint density at radius 2 is 1.62 bits per heavy atom. The Bertz CT molecular complexity index is 485. The first kappa shape index (κ1) is 18.1. The highest BCUT2D eigenvalue weighted by Crippen LogP contribution is 2.21. The lowest BCUT2D eigenvalue weighted by molar-refractivity contribution is 0.120. The van der Waals surface area contributed by atoms with Crippen LogP contribution < -0.4 is 4.74 Å². The van der Waals surface area contributed by atoms with Crippen molar-refractivity contribution in [3.05, 3.63) is 29.8 Å². The van der Waals surface area contributed by atoms with Crippen LogP contribution in [0.15, 0.2) is 24.3 Å². The van der Waals surface area contributed by atoms with Gasteiger partial charge in [-0.2, -0.15) is 11.8 Å². The molecular formula is C19H31N3OS. The molecule has 0 unspecified atom stereocenters. The second kappa shape index (κ2) is 9.66. The van der Waals surface area contributed by atoms with Gasteiger partial charge >= 0.3 is 0 Å². The van der Waals surface area contributed by atoms with Crippen molar-refractivity contribution in [3.8, 4) is 5.75 Å². The highest BCUT2D eigenvalue weighted by molar-refractivity contribution is 7.99. The quantitative estimate of drug-likeness (QED) is 0.750. The predicted molar refractivity (Wildman–Crippen MR) is 103 cm³/mol. The summed E-state index contributed by atoms with van der Waals surface area (Å²) in [6.45, 7) is 13.4. The summed E-state index contributed by atoms with van der Waals surface area (Å²) in [6.07, 6.45) is 0. The number of thioether (sulfide) groups is 1. The predicted octanol–water partition coefficient (Wildman–Crippen LogP) is 2.25. The summed E-state index contributed by atoms with van der Waals surface area (Å²) in [5.74, 6) is 3.59. The number of ether oxygens (including phenoxy) is 1. The van der Waals surface area contributed by atoms with Crippen molar-refractivity contribution in [2.75, 3.05) is 70.5 Å². The van der Waals surface area contributed by atoms with Crippen LogP contribution in [0.25, 0.3) is 0 Å². The van der Waals surface area contributed by atoms with Gasteiger partial charge in [0.25, 0.3) is 0 Å². The van der Waals surface area contributed by atoms with Gasteiger partial charge in [0.1, 0.15) is 12.4 Å². The molecular weight excluding hydrogens is 318 g/mol. The lowest BCUT2D eigenvalue weighted by Gasteiger charge is -2.33. The van der Waals surface area contributed by atoms with E-state index in [1.807, 2.05) is 0 Å². The summed E-state index contributed by atoms with van der Waals surface area (Å²) in [7, 11) is 0. The van der Waals surface area contributed by atoms with E-state index >= 15 is 0 Å². The summed E-state index contributed by atoms with van der Waals surface area (Å²) in [4.78, 5) is 7.59. The van der Waals surface area contributed by atoms with Crippen molar-refractivity contribution in [1.82, 2.24) is 14.7 Å². The maximum atomic E-state index is 6.15. The smallest absolute Gasteiger partial charge is 0.123 e. The van der Waals surface area contributed by atoms with Crippen LogP contribution in [0.1, 0.15) is 12.5 Å². The van der Waals surface area contributed by atoms with E-state index in [1.54, 1.807) is 0 Å². The molecule has 2 heterocycles. The zero-order valence-electron chi connectivity index (χ0n) is 15.0. The maximum absolute atomic E-state index is 6.15. The van der Waals surface area contributed by atoms with Gasteiger partial charge in [0.05, 0.1) is 0 Å². The Hall–Kier alpha value is -0.750. The first-order valence-corrected chi connectivity index (χ1v) is 10.5. The standard InChI is InChI=1S/C19H31N3OS/c1-2-20-7-9-21(10-8-20)11-14-23-19-6-4-3-5-18(19)17-22-12-15-24-16-13-22/h3-6H,2,7-17H2,1H3. The van der Waals surface area contributed by atoms with Crippen LogP contribution in [0.4, 0.5) is 0 Å². The Balaban J connectivity index is 1.45. The second-order valence-electron chi connectivity index (χ2n) is 6.62. The zero-order valence-corrected chi connectivity index (χ0v) is 15.8. The third kappa shape index (κ3) is 5.38. The van der Waals surface area contributed by atoms with E-state index in [0.29, 0.717) is 0 Å². The molecule has 2 saturated heterocycles. The highest BCUT2D eigenvalue weighted by atomic mass is 32.2. The van der Waals surface area contributed by atoms with Crippen LogP contribution in [-0.2, 0) is 6.54 Å². The summed E-state index contributed by atoms with van der Waals surface area (Å²) in [5.41, 5.74) is 1.33. The van der Waals surface area contributed by atoms with Gasteiger partial charge in [0, 0.05) is 69.4 Å². The third-order valence-electron chi connectivity index (χ3n) is 5.05. The van der Waals surface area contributed by atoms with Crippen LogP contribution in [0.5, 0.6) is 5.75 Å². The minimum atomic E-state index is 0.791. The van der Waals surface area contributed by atoms with E-state index < -0.39 is 0 Å². The molecule has 4 nitrogen and oxygen atoms in total. The Labute approximate surface area is 151 Å². The molecule has 0 amide bonds. The zero-order chi connectivity index (χ0) is 16.6. The summed E-state index contributed by atoms with van der Waals surface area (Å²) in [5, 5.41) is 0. The van der Waals surface area contributed by atoms with Crippen molar-refractivity contribution in [2.45, 2.75) is 13.5 Å². The fourth-order valence-electron chi connectivity index (χ4n) is 3.39. The molecule has 0 radical (unpaired) electrons. The molecule has 2 aliphatic heterocycles. The fourth-order valence-corrected chi connectivity index (χ4v) is 4.37. The molecule has 5 heteroatoms. The SMILES string of the molecule is CCN1CCN(CCOc2ccccc2CN2CCSCC2)CC1. The van der Waals surface area contributed by atoms with Gasteiger partial charge in [-0.3, -0.25) is 9.80 Å². The van der Waals surface area contributed by atoms with Crippen molar-refractivity contribution in [1.29, 1.82) is 0 Å². The topological polar surface area (TPSA) is 19.0 Å². The fraction of sp³-hybridized carbons (Fsp3) is 0.684. The van der Waals surface area contributed by atoms with E-state index in [9.17, 15) is 0 Å². The van der Waals surface area contributed by atoms with Crippen LogP contribution in [0, 0.1) is 0 Å². The lowest BCUT2D eigenvalue weighted by atomic mass is 10.2. The van der Waals surface area contributed by atoms with Crippen LogP contribution in [0.2, 0.25) is 0 Å². The molecule has 0 atom stereocenters. The Morgan fingerprint density at radius 1 is 0.917 bits per heavy atom. The number of para-hydroxylation sites is 1. The average molecular weight is 350 g/mol. The normalized spacial score (nSPS) is 21.0. The number of likely N-dealkylation sites (N-methyl/N-ethyl adjacent to an activating group) is 1. The molecule has 24 heavy (non-hydrogen) atoms. The summed E-state index contributed by atoms with van der Waals surface area (Å²) in [6, 6.07) is 8.57. The molecule has 0 bridgehead atoms. The van der Waals surface area contributed by atoms with Crippen molar-refractivity contribution in [2.24, 2.45) is 0 Å². The molecule has 0 spiro atoms. The average Bonchev–Trinajstić information content (AvgIpc) is 2.64. The summed E-state index contributed by atoms with van der Waals surface area (Å²) >= 11 is 2.06. The molecule has 0 aromatic heterocycles. The van der Waals surface area contributed by atoms with Crippen molar-refractivity contribution >= 4 is 11.8 Å². The second-order valence-corrected chi connectivity index (χ2v) is 7.85. The molecule has 0 N–H and O–H groups in total. The van der Waals surface area contributed by atoms with Gasteiger partial charge in [-0.05, 0) is 12.6 Å². The van der Waals surface area contributed by atoms with Crippen molar-refractivity contribution in [3.63, 3.8) is 0 Å². The lowest BCUT2D eigenvalue weighted by Crippen LogP contribution is -2.47. The molecule has 0 aliphatic carbocycles. The minimum Gasteiger partial charge on any atom is -0.492 e. The number of hydrogen-bond donors (Lipinski definition) is 0. The molecule has 0 saturated carbocycles. The first-order valence-electron chi connectivity index (χ1n) is 9.30. The van der Waals surface area contributed by atoms with E-state index in [-0.39, 0.29) is 0 Å². The number of piperazine rings is 1. The number of rotatable bonds is 7. The Kier molecular flexibility index (Phi) is 7.27. The van der Waals surface area contributed by atoms with E-state index in [2.05, 4.69) is 57.7 Å². The van der Waals surface area contributed by atoms with Gasteiger partial charge in [-0.1, -0.05) is 25.1 Å². The molecule has 2 aliphatic rings. The molecule has 1 aromatic carbocycles. The monoisotopic (exact) mass is 349 g/mol. The molecule has 3 rings (SSSR count). The number of nitrogens with zero attached hydrogens (tertiary/aromatic N) is 3.